The summed E-state index contributed by atoms with van der Waals surface area (Å²) in [7, 11) is 1.78. The van der Waals surface area contributed by atoms with Gasteiger partial charge in [-0.1, -0.05) is 38.8 Å². The van der Waals surface area contributed by atoms with Crippen LogP contribution in [-0.4, -0.2) is 56.1 Å². The van der Waals surface area contributed by atoms with Gasteiger partial charge in [0.2, 0.25) is 5.91 Å². The molecular formula is C23H36N4O2. The average molecular weight is 401 g/mol. The van der Waals surface area contributed by atoms with E-state index in [0.717, 1.165) is 44.1 Å². The molecular weight excluding hydrogens is 364 g/mol. The van der Waals surface area contributed by atoms with Crippen molar-refractivity contribution in [2.24, 2.45) is 10.9 Å². The summed E-state index contributed by atoms with van der Waals surface area (Å²) in [5.74, 6) is 2.80. The normalized spacial score (nSPS) is 20.3. The van der Waals surface area contributed by atoms with Gasteiger partial charge < -0.3 is 20.3 Å². The Morgan fingerprint density at radius 2 is 1.93 bits per heavy atom. The molecule has 1 amide bonds. The molecule has 3 rings (SSSR count). The Morgan fingerprint density at radius 1 is 1.21 bits per heavy atom. The van der Waals surface area contributed by atoms with E-state index in [1.165, 1.54) is 18.4 Å². The monoisotopic (exact) mass is 400 g/mol. The zero-order valence-corrected chi connectivity index (χ0v) is 18.1. The van der Waals surface area contributed by atoms with Crippen LogP contribution >= 0.6 is 0 Å². The van der Waals surface area contributed by atoms with Crippen molar-refractivity contribution in [3.05, 3.63) is 29.8 Å². The molecule has 2 aliphatic rings. The van der Waals surface area contributed by atoms with Gasteiger partial charge in [0, 0.05) is 32.1 Å². The topological polar surface area (TPSA) is 66.0 Å². The Labute approximate surface area is 175 Å². The molecule has 1 heterocycles. The molecule has 1 unspecified atom stereocenters. The van der Waals surface area contributed by atoms with Crippen molar-refractivity contribution in [1.82, 2.24) is 15.5 Å². The van der Waals surface area contributed by atoms with E-state index in [-0.39, 0.29) is 12.0 Å². The Bertz CT molecular complexity index is 681. The minimum absolute atomic E-state index is 0.260. The molecule has 6 nitrogen and oxygen atoms in total. The minimum atomic E-state index is 0.260. The van der Waals surface area contributed by atoms with E-state index in [9.17, 15) is 4.79 Å². The van der Waals surface area contributed by atoms with Gasteiger partial charge in [-0.15, -0.1) is 0 Å². The maximum atomic E-state index is 12.6. The van der Waals surface area contributed by atoms with E-state index in [2.05, 4.69) is 41.6 Å². The number of carbonyl (C=O) groups excluding carboxylic acids is 1. The summed E-state index contributed by atoms with van der Waals surface area (Å²) in [4.78, 5) is 18.9. The van der Waals surface area contributed by atoms with Crippen LogP contribution in [0.15, 0.2) is 29.3 Å². The number of benzene rings is 1. The SMILES string of the molecule is CN=C(NCCOc1ccc(C(C)C)cc1)NC1CCN(C(=O)C2CCCC2)C1. The van der Waals surface area contributed by atoms with Crippen molar-refractivity contribution in [3.8, 4) is 5.75 Å². The number of guanidine groups is 1. The molecule has 1 atom stereocenters. The van der Waals surface area contributed by atoms with Gasteiger partial charge in [0.15, 0.2) is 5.96 Å². The molecule has 1 aliphatic heterocycles. The number of aliphatic imine (C=N–C) groups is 1. The molecule has 6 heteroatoms. The first kappa shape index (κ1) is 21.5. The Hall–Kier alpha value is -2.24. The average Bonchev–Trinajstić information content (AvgIpc) is 3.42. The highest BCUT2D eigenvalue weighted by atomic mass is 16.5. The van der Waals surface area contributed by atoms with Gasteiger partial charge in [0.05, 0.1) is 6.54 Å². The highest BCUT2D eigenvalue weighted by Gasteiger charge is 2.32. The lowest BCUT2D eigenvalue weighted by molar-refractivity contribution is -0.134. The van der Waals surface area contributed by atoms with Crippen LogP contribution in [0.4, 0.5) is 0 Å². The van der Waals surface area contributed by atoms with Crippen LogP contribution in [0.5, 0.6) is 5.75 Å². The first-order chi connectivity index (χ1) is 14.1. The fourth-order valence-electron chi connectivity index (χ4n) is 4.18. The summed E-state index contributed by atoms with van der Waals surface area (Å²) in [6, 6.07) is 8.54. The fraction of sp³-hybridized carbons (Fsp3) is 0.652. The number of rotatable bonds is 7. The highest BCUT2D eigenvalue weighted by Crippen LogP contribution is 2.27. The predicted molar refractivity (Wildman–Crippen MR) is 117 cm³/mol. The van der Waals surface area contributed by atoms with Crippen LogP contribution in [-0.2, 0) is 4.79 Å². The maximum absolute atomic E-state index is 12.6. The number of nitrogens with one attached hydrogen (secondary N) is 2. The van der Waals surface area contributed by atoms with Gasteiger partial charge in [-0.05, 0) is 42.9 Å². The quantitative estimate of drug-likeness (QED) is 0.419. The molecule has 0 spiro atoms. The lowest BCUT2D eigenvalue weighted by Gasteiger charge is -2.21. The lowest BCUT2D eigenvalue weighted by Crippen LogP contribution is -2.46. The fourth-order valence-corrected chi connectivity index (χ4v) is 4.18. The largest absolute Gasteiger partial charge is 0.492 e. The smallest absolute Gasteiger partial charge is 0.225 e. The molecule has 1 saturated carbocycles. The molecule has 29 heavy (non-hydrogen) atoms. The van der Waals surface area contributed by atoms with Crippen molar-refractivity contribution >= 4 is 11.9 Å². The number of hydrogen-bond acceptors (Lipinski definition) is 3. The van der Waals surface area contributed by atoms with E-state index in [1.807, 2.05) is 17.0 Å². The predicted octanol–water partition coefficient (Wildman–Crippen LogP) is 3.14. The van der Waals surface area contributed by atoms with Crippen LogP contribution in [0.1, 0.15) is 57.4 Å². The zero-order chi connectivity index (χ0) is 20.6. The molecule has 1 saturated heterocycles. The zero-order valence-electron chi connectivity index (χ0n) is 18.1. The molecule has 0 bridgehead atoms. The number of ether oxygens (including phenoxy) is 1. The Kier molecular flexibility index (Phi) is 7.78. The van der Waals surface area contributed by atoms with Gasteiger partial charge in [-0.25, -0.2) is 0 Å². The van der Waals surface area contributed by atoms with Crippen LogP contribution in [0.3, 0.4) is 0 Å². The van der Waals surface area contributed by atoms with E-state index >= 15 is 0 Å². The molecule has 160 valence electrons. The van der Waals surface area contributed by atoms with Crippen LogP contribution < -0.4 is 15.4 Å². The third kappa shape index (κ3) is 6.12. The second-order valence-electron chi connectivity index (χ2n) is 8.47. The van der Waals surface area contributed by atoms with E-state index in [0.29, 0.717) is 25.0 Å². The molecule has 1 aromatic carbocycles. The number of hydrogen-bond donors (Lipinski definition) is 2. The van der Waals surface area contributed by atoms with Gasteiger partial charge in [-0.2, -0.15) is 0 Å². The van der Waals surface area contributed by atoms with Gasteiger partial charge in [-0.3, -0.25) is 9.79 Å². The van der Waals surface area contributed by atoms with Crippen LogP contribution in [0.2, 0.25) is 0 Å². The van der Waals surface area contributed by atoms with Crippen molar-refractivity contribution in [2.45, 2.75) is 57.9 Å². The van der Waals surface area contributed by atoms with Crippen LogP contribution in [0, 0.1) is 5.92 Å². The number of carbonyl (C=O) groups is 1. The highest BCUT2D eigenvalue weighted by molar-refractivity contribution is 5.81. The first-order valence-electron chi connectivity index (χ1n) is 11.1. The number of nitrogens with zero attached hydrogens (tertiary/aromatic N) is 2. The minimum Gasteiger partial charge on any atom is -0.492 e. The molecule has 0 radical (unpaired) electrons. The Morgan fingerprint density at radius 3 is 2.59 bits per heavy atom. The van der Waals surface area contributed by atoms with Crippen LogP contribution in [0.25, 0.3) is 0 Å². The summed E-state index contributed by atoms with van der Waals surface area (Å²) in [5.41, 5.74) is 1.32. The number of amides is 1. The molecule has 0 aromatic heterocycles. The van der Waals surface area contributed by atoms with Gasteiger partial charge in [0.25, 0.3) is 0 Å². The second-order valence-corrected chi connectivity index (χ2v) is 8.47. The van der Waals surface area contributed by atoms with Crippen molar-refractivity contribution < 1.29 is 9.53 Å². The number of likely N-dealkylation sites (tertiary alicyclic amines) is 1. The van der Waals surface area contributed by atoms with Crippen molar-refractivity contribution in [3.63, 3.8) is 0 Å². The summed E-state index contributed by atoms with van der Waals surface area (Å²) in [6.07, 6.45) is 5.50. The summed E-state index contributed by atoms with van der Waals surface area (Å²) >= 11 is 0. The standard InChI is InChI=1S/C23H36N4O2/c1-17(2)18-8-10-21(11-9-18)29-15-13-25-23(24-3)26-20-12-14-27(16-20)22(28)19-6-4-5-7-19/h8-11,17,19-20H,4-7,12-16H2,1-3H3,(H2,24,25,26). The van der Waals surface area contributed by atoms with Gasteiger partial charge >= 0.3 is 0 Å². The Balaban J connectivity index is 1.35. The van der Waals surface area contributed by atoms with Crippen molar-refractivity contribution in [1.29, 1.82) is 0 Å². The summed E-state index contributed by atoms with van der Waals surface area (Å²) in [5, 5.41) is 6.75. The third-order valence-corrected chi connectivity index (χ3v) is 5.98. The molecule has 1 aromatic rings. The molecule has 1 aliphatic carbocycles. The third-order valence-electron chi connectivity index (χ3n) is 5.98. The van der Waals surface area contributed by atoms with Gasteiger partial charge in [0.1, 0.15) is 12.4 Å². The summed E-state index contributed by atoms with van der Waals surface area (Å²) < 4.78 is 5.81. The maximum Gasteiger partial charge on any atom is 0.225 e. The first-order valence-corrected chi connectivity index (χ1v) is 11.1. The molecule has 2 fully saturated rings. The van der Waals surface area contributed by atoms with E-state index < -0.39 is 0 Å². The van der Waals surface area contributed by atoms with E-state index in [1.54, 1.807) is 7.05 Å². The van der Waals surface area contributed by atoms with E-state index in [4.69, 9.17) is 4.74 Å². The summed E-state index contributed by atoms with van der Waals surface area (Å²) in [6.45, 7) is 7.23. The second kappa shape index (κ2) is 10.5. The van der Waals surface area contributed by atoms with Crippen molar-refractivity contribution in [2.75, 3.05) is 33.3 Å². The lowest BCUT2D eigenvalue weighted by atomic mass is 10.0. The molecule has 2 N–H and O–H groups in total.